The highest BCUT2D eigenvalue weighted by Gasteiger charge is 2.20. The van der Waals surface area contributed by atoms with Gasteiger partial charge in [0.2, 0.25) is 5.91 Å². The molecule has 366 valence electrons. The molecular formula is C56H107NO5. The molecule has 2 unspecified atom stereocenters. The van der Waals surface area contributed by atoms with Crippen LogP contribution in [-0.4, -0.2) is 47.4 Å². The van der Waals surface area contributed by atoms with Crippen molar-refractivity contribution in [1.82, 2.24) is 5.32 Å². The van der Waals surface area contributed by atoms with Gasteiger partial charge in [0.05, 0.1) is 25.4 Å². The van der Waals surface area contributed by atoms with E-state index in [-0.39, 0.29) is 18.5 Å². The lowest BCUT2D eigenvalue weighted by Gasteiger charge is -2.22. The fraction of sp³-hybridized carbons (Fsp3) is 0.893. The normalized spacial score (nSPS) is 12.8. The molecule has 1 amide bonds. The third kappa shape index (κ3) is 47.8. The summed E-state index contributed by atoms with van der Waals surface area (Å²) in [5, 5.41) is 23.2. The number of unbranched alkanes of at least 4 members (excludes halogenated alkanes) is 36. The first kappa shape index (κ1) is 60.3. The van der Waals surface area contributed by atoms with Gasteiger partial charge in [-0.15, -0.1) is 0 Å². The van der Waals surface area contributed by atoms with Gasteiger partial charge < -0.3 is 20.3 Å². The van der Waals surface area contributed by atoms with Gasteiger partial charge in [0.25, 0.3) is 0 Å². The van der Waals surface area contributed by atoms with Gasteiger partial charge >= 0.3 is 5.97 Å². The quantitative estimate of drug-likeness (QED) is 0.0321. The van der Waals surface area contributed by atoms with Crippen molar-refractivity contribution in [2.24, 2.45) is 0 Å². The summed E-state index contributed by atoms with van der Waals surface area (Å²) in [7, 11) is 0. The Bertz CT molecular complexity index is 966. The predicted octanol–water partition coefficient (Wildman–Crippen LogP) is 16.7. The molecule has 0 spiro atoms. The largest absolute Gasteiger partial charge is 0.466 e. The second kappa shape index (κ2) is 52.0. The Morgan fingerprint density at radius 1 is 0.435 bits per heavy atom. The zero-order valence-corrected chi connectivity index (χ0v) is 41.6. The Hall–Kier alpha value is -1.66. The number of aliphatic hydroxyl groups excluding tert-OH is 2. The van der Waals surface area contributed by atoms with Crippen molar-refractivity contribution in [3.05, 3.63) is 24.3 Å². The lowest BCUT2D eigenvalue weighted by atomic mass is 10.0. The first-order valence-corrected chi connectivity index (χ1v) is 27.6. The van der Waals surface area contributed by atoms with E-state index in [0.717, 1.165) is 70.6 Å². The van der Waals surface area contributed by atoms with E-state index < -0.39 is 12.1 Å². The van der Waals surface area contributed by atoms with Crippen LogP contribution in [0.5, 0.6) is 0 Å². The number of carbonyl (C=O) groups excluding carboxylic acids is 2. The molecule has 0 radical (unpaired) electrons. The van der Waals surface area contributed by atoms with Crippen LogP contribution in [0.4, 0.5) is 0 Å². The second-order valence-electron chi connectivity index (χ2n) is 18.9. The maximum Gasteiger partial charge on any atom is 0.305 e. The SMILES string of the molecule is CCCCCCCC/C=C\CCCCCCCCCCCC(=O)OCCCCCCCC/C=C\CCCCCC(=O)NC(CO)C(O)CCCCCCCCCCCCCCC. The summed E-state index contributed by atoms with van der Waals surface area (Å²) < 4.78 is 5.47. The number of nitrogens with one attached hydrogen (secondary N) is 1. The van der Waals surface area contributed by atoms with E-state index in [0.29, 0.717) is 25.9 Å². The van der Waals surface area contributed by atoms with Crippen molar-refractivity contribution in [2.75, 3.05) is 13.2 Å². The molecule has 6 nitrogen and oxygen atoms in total. The molecule has 2 atom stereocenters. The Labute approximate surface area is 386 Å². The molecule has 0 rings (SSSR count). The van der Waals surface area contributed by atoms with Crippen molar-refractivity contribution in [3.63, 3.8) is 0 Å². The first-order chi connectivity index (χ1) is 30.5. The van der Waals surface area contributed by atoms with Crippen LogP contribution in [0, 0.1) is 0 Å². The molecule has 62 heavy (non-hydrogen) atoms. The van der Waals surface area contributed by atoms with Gasteiger partial charge in [0.15, 0.2) is 0 Å². The average Bonchev–Trinajstić information content (AvgIpc) is 3.27. The monoisotopic (exact) mass is 874 g/mol. The number of allylic oxidation sites excluding steroid dienone is 4. The van der Waals surface area contributed by atoms with E-state index in [4.69, 9.17) is 4.74 Å². The van der Waals surface area contributed by atoms with Crippen LogP contribution >= 0.6 is 0 Å². The van der Waals surface area contributed by atoms with Gasteiger partial charge in [-0.1, -0.05) is 231 Å². The second-order valence-corrected chi connectivity index (χ2v) is 18.9. The first-order valence-electron chi connectivity index (χ1n) is 27.6. The molecule has 0 aliphatic heterocycles. The summed E-state index contributed by atoms with van der Waals surface area (Å²) in [6.07, 6.45) is 61.6. The van der Waals surface area contributed by atoms with E-state index in [2.05, 4.69) is 43.5 Å². The third-order valence-electron chi connectivity index (χ3n) is 12.7. The van der Waals surface area contributed by atoms with Gasteiger partial charge in [0.1, 0.15) is 0 Å². The lowest BCUT2D eigenvalue weighted by molar-refractivity contribution is -0.143. The summed E-state index contributed by atoms with van der Waals surface area (Å²) in [6, 6.07) is -0.561. The van der Waals surface area contributed by atoms with E-state index >= 15 is 0 Å². The fourth-order valence-electron chi connectivity index (χ4n) is 8.45. The summed E-state index contributed by atoms with van der Waals surface area (Å²) in [6.45, 7) is 4.91. The topological polar surface area (TPSA) is 95.9 Å². The molecule has 6 heteroatoms. The number of amides is 1. The fourth-order valence-corrected chi connectivity index (χ4v) is 8.45. The van der Waals surface area contributed by atoms with Crippen LogP contribution in [-0.2, 0) is 14.3 Å². The van der Waals surface area contributed by atoms with Crippen LogP contribution in [0.15, 0.2) is 24.3 Å². The number of hydrogen-bond acceptors (Lipinski definition) is 5. The minimum atomic E-state index is -0.680. The molecule has 0 fully saturated rings. The highest BCUT2D eigenvalue weighted by atomic mass is 16.5. The van der Waals surface area contributed by atoms with Crippen molar-refractivity contribution in [1.29, 1.82) is 0 Å². The smallest absolute Gasteiger partial charge is 0.305 e. The minimum absolute atomic E-state index is 0.0130. The number of hydrogen-bond donors (Lipinski definition) is 3. The number of carbonyl (C=O) groups is 2. The Morgan fingerprint density at radius 2 is 0.758 bits per heavy atom. The molecule has 0 bridgehead atoms. The van der Waals surface area contributed by atoms with Crippen molar-refractivity contribution in [3.8, 4) is 0 Å². The molecule has 0 saturated heterocycles. The Balaban J connectivity index is 3.46. The number of aliphatic hydroxyl groups is 2. The van der Waals surface area contributed by atoms with Crippen molar-refractivity contribution in [2.45, 2.75) is 309 Å². The summed E-state index contributed by atoms with van der Waals surface area (Å²) in [5.41, 5.74) is 0. The molecular weight excluding hydrogens is 767 g/mol. The number of esters is 1. The molecule has 0 aliphatic rings. The predicted molar refractivity (Wildman–Crippen MR) is 269 cm³/mol. The van der Waals surface area contributed by atoms with E-state index in [1.165, 1.54) is 193 Å². The van der Waals surface area contributed by atoms with Gasteiger partial charge in [0, 0.05) is 12.8 Å². The molecule has 3 N–H and O–H groups in total. The molecule has 0 heterocycles. The van der Waals surface area contributed by atoms with Crippen LogP contribution in [0.2, 0.25) is 0 Å². The third-order valence-corrected chi connectivity index (χ3v) is 12.7. The molecule has 0 aromatic heterocycles. The van der Waals surface area contributed by atoms with Crippen molar-refractivity contribution >= 4 is 11.9 Å². The van der Waals surface area contributed by atoms with Crippen molar-refractivity contribution < 1.29 is 24.5 Å². The van der Waals surface area contributed by atoms with Gasteiger partial charge in [-0.3, -0.25) is 9.59 Å². The van der Waals surface area contributed by atoms with Gasteiger partial charge in [-0.25, -0.2) is 0 Å². The molecule has 0 aromatic carbocycles. The lowest BCUT2D eigenvalue weighted by Crippen LogP contribution is -2.45. The van der Waals surface area contributed by atoms with E-state index in [1.807, 2.05) is 0 Å². The van der Waals surface area contributed by atoms with Crippen LogP contribution in [0.1, 0.15) is 296 Å². The molecule has 0 aromatic rings. The zero-order valence-electron chi connectivity index (χ0n) is 41.6. The zero-order chi connectivity index (χ0) is 45.1. The average molecular weight is 874 g/mol. The van der Waals surface area contributed by atoms with Crippen LogP contribution in [0.25, 0.3) is 0 Å². The highest BCUT2D eigenvalue weighted by Crippen LogP contribution is 2.16. The van der Waals surface area contributed by atoms with Crippen LogP contribution in [0.3, 0.4) is 0 Å². The molecule has 0 saturated carbocycles. The van der Waals surface area contributed by atoms with Gasteiger partial charge in [-0.05, 0) is 77.0 Å². The Morgan fingerprint density at radius 3 is 1.16 bits per heavy atom. The van der Waals surface area contributed by atoms with E-state index in [9.17, 15) is 19.8 Å². The van der Waals surface area contributed by atoms with Crippen LogP contribution < -0.4 is 5.32 Å². The Kier molecular flexibility index (Phi) is 50.6. The van der Waals surface area contributed by atoms with Gasteiger partial charge in [-0.2, -0.15) is 0 Å². The maximum atomic E-state index is 12.4. The standard InChI is InChI=1S/C56H107NO5/c1-3-5-7-9-11-13-15-17-18-19-20-21-22-26-30-34-38-42-46-50-56(61)62-51-47-43-39-35-31-27-23-25-29-33-37-41-45-49-55(60)57-53(52-58)54(59)48-44-40-36-32-28-24-16-14-12-10-8-6-4-2/h17-18,25,29,53-54,58-59H,3-16,19-24,26-28,30-52H2,1-2H3,(H,57,60)/b18-17-,29-25-. The maximum absolute atomic E-state index is 12.4. The van der Waals surface area contributed by atoms with E-state index in [1.54, 1.807) is 0 Å². The highest BCUT2D eigenvalue weighted by molar-refractivity contribution is 5.76. The summed E-state index contributed by atoms with van der Waals surface area (Å²) >= 11 is 0. The minimum Gasteiger partial charge on any atom is -0.466 e. The summed E-state index contributed by atoms with van der Waals surface area (Å²) in [5.74, 6) is -0.0778. The molecule has 0 aliphatic carbocycles. The number of ether oxygens (including phenoxy) is 1. The summed E-state index contributed by atoms with van der Waals surface area (Å²) in [4.78, 5) is 24.5. The number of rotatable bonds is 51.